The van der Waals surface area contributed by atoms with Gasteiger partial charge in [0.15, 0.2) is 0 Å². The van der Waals surface area contributed by atoms with Gasteiger partial charge in [-0.25, -0.2) is 0 Å². The van der Waals surface area contributed by atoms with Crippen LogP contribution in [-0.2, 0) is 13.0 Å². The highest BCUT2D eigenvalue weighted by Crippen LogP contribution is 2.27. The molecule has 0 radical (unpaired) electrons. The van der Waals surface area contributed by atoms with E-state index < -0.39 is 0 Å². The highest BCUT2D eigenvalue weighted by atomic mass is 16.3. The SMILES string of the molecule is Cc1ccc2[nH]c3c(c2c1)CC(CO)NC3. The third kappa shape index (κ3) is 1.44. The molecule has 3 heteroatoms. The van der Waals surface area contributed by atoms with E-state index in [1.807, 2.05) is 0 Å². The zero-order chi connectivity index (χ0) is 11.1. The fourth-order valence-electron chi connectivity index (χ4n) is 2.50. The van der Waals surface area contributed by atoms with E-state index in [9.17, 15) is 5.11 Å². The number of aliphatic hydroxyl groups excluding tert-OH is 1. The van der Waals surface area contributed by atoms with Crippen LogP contribution in [0.15, 0.2) is 18.2 Å². The van der Waals surface area contributed by atoms with E-state index in [-0.39, 0.29) is 12.6 Å². The molecule has 3 N–H and O–H groups in total. The molecule has 1 atom stereocenters. The van der Waals surface area contributed by atoms with Crippen LogP contribution >= 0.6 is 0 Å². The first-order valence-corrected chi connectivity index (χ1v) is 5.72. The zero-order valence-corrected chi connectivity index (χ0v) is 9.38. The van der Waals surface area contributed by atoms with Crippen LogP contribution in [0.5, 0.6) is 0 Å². The summed E-state index contributed by atoms with van der Waals surface area (Å²) in [6.45, 7) is 3.15. The zero-order valence-electron chi connectivity index (χ0n) is 9.38. The summed E-state index contributed by atoms with van der Waals surface area (Å²) in [7, 11) is 0. The Hall–Kier alpha value is -1.32. The van der Waals surface area contributed by atoms with Gasteiger partial charge in [-0.15, -0.1) is 0 Å². The minimum Gasteiger partial charge on any atom is -0.395 e. The monoisotopic (exact) mass is 216 g/mol. The Bertz CT molecular complexity index is 530. The Labute approximate surface area is 94.5 Å². The molecule has 0 saturated carbocycles. The number of aromatic nitrogens is 1. The fraction of sp³-hybridized carbons (Fsp3) is 0.385. The van der Waals surface area contributed by atoms with Gasteiger partial charge in [0, 0.05) is 29.2 Å². The quantitative estimate of drug-likeness (QED) is 0.676. The van der Waals surface area contributed by atoms with Crippen molar-refractivity contribution in [2.45, 2.75) is 25.9 Å². The van der Waals surface area contributed by atoms with Crippen molar-refractivity contribution in [3.8, 4) is 0 Å². The van der Waals surface area contributed by atoms with Gasteiger partial charge in [0.2, 0.25) is 0 Å². The molecule has 0 fully saturated rings. The van der Waals surface area contributed by atoms with Crippen LogP contribution < -0.4 is 5.32 Å². The van der Waals surface area contributed by atoms with E-state index in [1.54, 1.807) is 0 Å². The summed E-state index contributed by atoms with van der Waals surface area (Å²) in [6.07, 6.45) is 0.912. The van der Waals surface area contributed by atoms with Gasteiger partial charge in [0.05, 0.1) is 6.61 Å². The number of nitrogens with one attached hydrogen (secondary N) is 2. The predicted octanol–water partition coefficient (Wildman–Crippen LogP) is 1.48. The minimum absolute atomic E-state index is 0.201. The van der Waals surface area contributed by atoms with Crippen LogP contribution in [0.3, 0.4) is 0 Å². The van der Waals surface area contributed by atoms with Crippen LogP contribution in [-0.4, -0.2) is 22.7 Å². The molecule has 0 spiro atoms. The second kappa shape index (κ2) is 3.61. The molecule has 1 unspecified atom stereocenters. The number of benzene rings is 1. The van der Waals surface area contributed by atoms with E-state index in [0.717, 1.165) is 13.0 Å². The van der Waals surface area contributed by atoms with Crippen molar-refractivity contribution < 1.29 is 5.11 Å². The number of aryl methyl sites for hydroxylation is 1. The van der Waals surface area contributed by atoms with Gasteiger partial charge in [0.25, 0.3) is 0 Å². The second-order valence-corrected chi connectivity index (χ2v) is 4.60. The molecule has 2 heterocycles. The summed E-state index contributed by atoms with van der Waals surface area (Å²) in [6, 6.07) is 6.69. The maximum absolute atomic E-state index is 9.21. The summed E-state index contributed by atoms with van der Waals surface area (Å²) < 4.78 is 0. The third-order valence-electron chi connectivity index (χ3n) is 3.39. The highest BCUT2D eigenvalue weighted by molar-refractivity contribution is 5.85. The Morgan fingerprint density at radius 1 is 1.44 bits per heavy atom. The molecule has 1 aromatic carbocycles. The van der Waals surface area contributed by atoms with Crippen LogP contribution in [0.2, 0.25) is 0 Å². The fourth-order valence-corrected chi connectivity index (χ4v) is 2.50. The largest absolute Gasteiger partial charge is 0.395 e. The summed E-state index contributed by atoms with van der Waals surface area (Å²) in [5, 5.41) is 13.8. The lowest BCUT2D eigenvalue weighted by molar-refractivity contribution is 0.235. The number of rotatable bonds is 1. The molecule has 0 amide bonds. The van der Waals surface area contributed by atoms with Gasteiger partial charge >= 0.3 is 0 Å². The van der Waals surface area contributed by atoms with Gasteiger partial charge in [-0.05, 0) is 31.0 Å². The van der Waals surface area contributed by atoms with E-state index in [1.165, 1.54) is 27.7 Å². The average molecular weight is 216 g/mol. The number of aliphatic hydroxyl groups is 1. The average Bonchev–Trinajstić information content (AvgIpc) is 2.66. The molecule has 1 aliphatic rings. The molecule has 3 rings (SSSR count). The van der Waals surface area contributed by atoms with Gasteiger partial charge < -0.3 is 15.4 Å². The molecule has 0 aliphatic carbocycles. The van der Waals surface area contributed by atoms with E-state index in [4.69, 9.17) is 0 Å². The van der Waals surface area contributed by atoms with Crippen LogP contribution in [0, 0.1) is 6.92 Å². The summed E-state index contributed by atoms with van der Waals surface area (Å²) >= 11 is 0. The summed E-state index contributed by atoms with van der Waals surface area (Å²) in [5.41, 5.74) is 5.13. The molecular formula is C13H16N2O. The van der Waals surface area contributed by atoms with Crippen LogP contribution in [0.4, 0.5) is 0 Å². The van der Waals surface area contributed by atoms with Crippen LogP contribution in [0.25, 0.3) is 10.9 Å². The molecule has 1 aliphatic heterocycles. The first-order chi connectivity index (χ1) is 7.78. The maximum atomic E-state index is 9.21. The number of hydrogen-bond acceptors (Lipinski definition) is 2. The van der Waals surface area contributed by atoms with Crippen molar-refractivity contribution in [1.82, 2.24) is 10.3 Å². The molecule has 0 saturated heterocycles. The molecule has 16 heavy (non-hydrogen) atoms. The van der Waals surface area contributed by atoms with Crippen molar-refractivity contribution in [2.24, 2.45) is 0 Å². The summed E-state index contributed by atoms with van der Waals surface area (Å²) in [4.78, 5) is 3.44. The van der Waals surface area contributed by atoms with Gasteiger partial charge in [0.1, 0.15) is 0 Å². The van der Waals surface area contributed by atoms with Crippen LogP contribution in [0.1, 0.15) is 16.8 Å². The third-order valence-corrected chi connectivity index (χ3v) is 3.39. The molecule has 3 nitrogen and oxygen atoms in total. The number of hydrogen-bond donors (Lipinski definition) is 3. The van der Waals surface area contributed by atoms with Gasteiger partial charge in [-0.1, -0.05) is 11.6 Å². The first kappa shape index (κ1) is 9.87. The number of H-pyrrole nitrogens is 1. The van der Waals surface area contributed by atoms with Crippen molar-refractivity contribution in [1.29, 1.82) is 0 Å². The van der Waals surface area contributed by atoms with Crippen molar-refractivity contribution >= 4 is 10.9 Å². The number of aromatic amines is 1. The Kier molecular flexibility index (Phi) is 2.23. The Balaban J connectivity index is 2.15. The van der Waals surface area contributed by atoms with E-state index in [0.29, 0.717) is 0 Å². The normalized spacial score (nSPS) is 20.0. The topological polar surface area (TPSA) is 48.0 Å². The van der Waals surface area contributed by atoms with Gasteiger partial charge in [-0.3, -0.25) is 0 Å². The van der Waals surface area contributed by atoms with Crippen molar-refractivity contribution in [3.05, 3.63) is 35.0 Å². The lowest BCUT2D eigenvalue weighted by Gasteiger charge is -2.22. The first-order valence-electron chi connectivity index (χ1n) is 5.72. The molecule has 0 bridgehead atoms. The Morgan fingerprint density at radius 2 is 2.31 bits per heavy atom. The minimum atomic E-state index is 0.201. The molecule has 1 aromatic heterocycles. The van der Waals surface area contributed by atoms with E-state index in [2.05, 4.69) is 35.4 Å². The van der Waals surface area contributed by atoms with E-state index >= 15 is 0 Å². The number of fused-ring (bicyclic) bond motifs is 3. The maximum Gasteiger partial charge on any atom is 0.0588 e. The summed E-state index contributed by atoms with van der Waals surface area (Å²) in [5.74, 6) is 0. The van der Waals surface area contributed by atoms with Gasteiger partial charge in [-0.2, -0.15) is 0 Å². The molecule has 2 aromatic rings. The standard InChI is InChI=1S/C13H16N2O/c1-8-2-3-12-10(4-8)11-5-9(7-16)14-6-13(11)15-12/h2-4,9,14-16H,5-7H2,1H3. The lowest BCUT2D eigenvalue weighted by Crippen LogP contribution is -2.37. The van der Waals surface area contributed by atoms with Crippen molar-refractivity contribution in [3.63, 3.8) is 0 Å². The Morgan fingerprint density at radius 3 is 3.12 bits per heavy atom. The highest BCUT2D eigenvalue weighted by Gasteiger charge is 2.21. The smallest absolute Gasteiger partial charge is 0.0588 e. The molecular weight excluding hydrogens is 200 g/mol. The van der Waals surface area contributed by atoms with Crippen molar-refractivity contribution in [2.75, 3.05) is 6.61 Å². The molecule has 84 valence electrons. The lowest BCUT2D eigenvalue weighted by atomic mass is 9.98. The second-order valence-electron chi connectivity index (χ2n) is 4.60. The predicted molar refractivity (Wildman–Crippen MR) is 64.5 cm³/mol.